The van der Waals surface area contributed by atoms with Gasteiger partial charge < -0.3 is 20.5 Å². The van der Waals surface area contributed by atoms with E-state index in [0.29, 0.717) is 21.4 Å². The van der Waals surface area contributed by atoms with E-state index in [0.717, 1.165) is 5.56 Å². The zero-order valence-corrected chi connectivity index (χ0v) is 14.3. The van der Waals surface area contributed by atoms with Crippen LogP contribution in [-0.4, -0.2) is 23.6 Å². The van der Waals surface area contributed by atoms with Gasteiger partial charge in [0.2, 0.25) is 0 Å². The average molecular weight is 363 g/mol. The molecule has 3 rings (SSSR count). The molecule has 1 saturated heterocycles. The molecule has 7 heteroatoms. The molecule has 124 valence electrons. The summed E-state index contributed by atoms with van der Waals surface area (Å²) in [5.41, 5.74) is 1.11. The monoisotopic (exact) mass is 362 g/mol. The van der Waals surface area contributed by atoms with E-state index in [9.17, 15) is 9.90 Å². The third-order valence-corrected chi connectivity index (χ3v) is 4.61. The minimum atomic E-state index is -0.339. The van der Waals surface area contributed by atoms with Crippen LogP contribution in [0.25, 0.3) is 6.08 Å². The van der Waals surface area contributed by atoms with Gasteiger partial charge in [0.1, 0.15) is 11.5 Å². The fourth-order valence-corrected chi connectivity index (χ4v) is 3.41. The van der Waals surface area contributed by atoms with Crippen molar-refractivity contribution in [1.82, 2.24) is 5.32 Å². The van der Waals surface area contributed by atoms with Crippen molar-refractivity contribution in [3.05, 3.63) is 58.0 Å². The Morgan fingerprint density at radius 2 is 2.17 bits per heavy atom. The first-order valence-electron chi connectivity index (χ1n) is 7.13. The van der Waals surface area contributed by atoms with Gasteiger partial charge in [-0.1, -0.05) is 35.5 Å². The molecule has 0 radical (unpaired) electrons. The number of anilines is 1. The molecule has 2 aromatic carbocycles. The van der Waals surface area contributed by atoms with Crippen molar-refractivity contribution < 1.29 is 14.6 Å². The second-order valence-electron chi connectivity index (χ2n) is 5.06. The standard InChI is InChI=1S/C17H15ClN2O3S/c1-23-14-6-5-11(18)9-13(14)19-17-20-16(22)15(24-17)8-10-3-2-4-12(21)7-10/h2-9,17,19,21H,1H3,(H,20,22)/b15-8-. The number of halogens is 1. The number of ether oxygens (including phenoxy) is 1. The zero-order chi connectivity index (χ0) is 17.1. The second-order valence-corrected chi connectivity index (χ2v) is 6.65. The van der Waals surface area contributed by atoms with Crippen molar-refractivity contribution in [2.75, 3.05) is 12.4 Å². The number of rotatable bonds is 4. The summed E-state index contributed by atoms with van der Waals surface area (Å²) in [4.78, 5) is 12.7. The molecule has 1 unspecified atom stereocenters. The number of phenolic OH excluding ortho intramolecular Hbond substituents is 1. The highest BCUT2D eigenvalue weighted by molar-refractivity contribution is 8.05. The minimum Gasteiger partial charge on any atom is -0.508 e. The van der Waals surface area contributed by atoms with Crippen molar-refractivity contribution in [3.63, 3.8) is 0 Å². The van der Waals surface area contributed by atoms with Crippen LogP contribution in [0.1, 0.15) is 5.56 Å². The van der Waals surface area contributed by atoms with Gasteiger partial charge in [0, 0.05) is 5.02 Å². The minimum absolute atomic E-state index is 0.158. The molecule has 1 amide bonds. The van der Waals surface area contributed by atoms with E-state index in [1.807, 2.05) is 6.07 Å². The molecule has 5 nitrogen and oxygen atoms in total. The van der Waals surface area contributed by atoms with Gasteiger partial charge in [-0.15, -0.1) is 0 Å². The van der Waals surface area contributed by atoms with Crippen LogP contribution in [0.2, 0.25) is 5.02 Å². The second kappa shape index (κ2) is 7.07. The summed E-state index contributed by atoms with van der Waals surface area (Å²) in [7, 11) is 1.57. The number of hydrogen-bond donors (Lipinski definition) is 3. The first kappa shape index (κ1) is 16.5. The molecular formula is C17H15ClN2O3S. The summed E-state index contributed by atoms with van der Waals surface area (Å²) in [5.74, 6) is 0.618. The van der Waals surface area contributed by atoms with Crippen LogP contribution < -0.4 is 15.4 Å². The van der Waals surface area contributed by atoms with Crippen LogP contribution in [0.4, 0.5) is 5.69 Å². The van der Waals surface area contributed by atoms with E-state index in [2.05, 4.69) is 10.6 Å². The van der Waals surface area contributed by atoms with Crippen LogP contribution in [0.5, 0.6) is 11.5 Å². The van der Waals surface area contributed by atoms with E-state index in [4.69, 9.17) is 16.3 Å². The summed E-state index contributed by atoms with van der Waals surface area (Å²) < 4.78 is 5.29. The number of carbonyl (C=O) groups is 1. The maximum Gasteiger partial charge on any atom is 0.260 e. The SMILES string of the molecule is COc1ccc(Cl)cc1NC1NC(=O)/C(=C/c2cccc(O)c2)S1. The molecule has 1 heterocycles. The van der Waals surface area contributed by atoms with Crippen LogP contribution >= 0.6 is 23.4 Å². The maximum absolute atomic E-state index is 12.1. The summed E-state index contributed by atoms with van der Waals surface area (Å²) in [5, 5.41) is 16.1. The number of nitrogens with one attached hydrogen (secondary N) is 2. The summed E-state index contributed by atoms with van der Waals surface area (Å²) >= 11 is 7.36. The average Bonchev–Trinajstić information content (AvgIpc) is 2.87. The number of aromatic hydroxyl groups is 1. The van der Waals surface area contributed by atoms with Crippen LogP contribution in [0, 0.1) is 0 Å². The number of hydrogen-bond acceptors (Lipinski definition) is 5. The molecule has 0 aromatic heterocycles. The summed E-state index contributed by atoms with van der Waals surface area (Å²) in [6.07, 6.45) is 1.73. The molecular weight excluding hydrogens is 348 g/mol. The highest BCUT2D eigenvalue weighted by Gasteiger charge is 2.27. The fraction of sp³-hybridized carbons (Fsp3) is 0.118. The van der Waals surface area contributed by atoms with Crippen molar-refractivity contribution in [3.8, 4) is 11.5 Å². The molecule has 2 aromatic rings. The van der Waals surface area contributed by atoms with Crippen LogP contribution in [0.15, 0.2) is 47.4 Å². The highest BCUT2D eigenvalue weighted by Crippen LogP contribution is 2.34. The lowest BCUT2D eigenvalue weighted by Gasteiger charge is -2.15. The van der Waals surface area contributed by atoms with Gasteiger partial charge in [-0.2, -0.15) is 0 Å². The number of carbonyl (C=O) groups excluding carboxylic acids is 1. The molecule has 0 spiro atoms. The molecule has 1 fully saturated rings. The van der Waals surface area contributed by atoms with E-state index in [-0.39, 0.29) is 17.2 Å². The van der Waals surface area contributed by atoms with Gasteiger partial charge in [-0.3, -0.25) is 4.79 Å². The smallest absolute Gasteiger partial charge is 0.260 e. The Hall–Kier alpha value is -2.31. The van der Waals surface area contributed by atoms with Gasteiger partial charge >= 0.3 is 0 Å². The lowest BCUT2D eigenvalue weighted by molar-refractivity contribution is -0.116. The van der Waals surface area contributed by atoms with Crippen LogP contribution in [-0.2, 0) is 4.79 Å². The largest absolute Gasteiger partial charge is 0.508 e. The molecule has 0 aliphatic carbocycles. The molecule has 24 heavy (non-hydrogen) atoms. The number of amides is 1. The number of benzene rings is 2. The van der Waals surface area contributed by atoms with Gasteiger partial charge in [0.05, 0.1) is 17.7 Å². The highest BCUT2D eigenvalue weighted by atomic mass is 35.5. The topological polar surface area (TPSA) is 70.6 Å². The molecule has 1 atom stereocenters. The number of methoxy groups -OCH3 is 1. The van der Waals surface area contributed by atoms with Crippen molar-refractivity contribution in [2.24, 2.45) is 0 Å². The fourth-order valence-electron chi connectivity index (χ4n) is 2.27. The zero-order valence-electron chi connectivity index (χ0n) is 12.7. The van der Waals surface area contributed by atoms with E-state index in [1.54, 1.807) is 49.6 Å². The third kappa shape index (κ3) is 3.77. The normalized spacial score (nSPS) is 18.5. The predicted molar refractivity (Wildman–Crippen MR) is 97.2 cm³/mol. The lowest BCUT2D eigenvalue weighted by atomic mass is 10.2. The first-order valence-corrected chi connectivity index (χ1v) is 8.39. The molecule has 1 aliphatic rings. The number of phenols is 1. The predicted octanol–water partition coefficient (Wildman–Crippen LogP) is 3.65. The molecule has 0 bridgehead atoms. The Morgan fingerprint density at radius 3 is 2.92 bits per heavy atom. The lowest BCUT2D eigenvalue weighted by Crippen LogP contribution is -2.31. The van der Waals surface area contributed by atoms with Gasteiger partial charge in [-0.25, -0.2) is 0 Å². The van der Waals surface area contributed by atoms with Gasteiger partial charge in [0.15, 0.2) is 5.50 Å². The Bertz CT molecular complexity index is 810. The molecule has 1 aliphatic heterocycles. The quantitative estimate of drug-likeness (QED) is 0.724. The third-order valence-electron chi connectivity index (χ3n) is 3.35. The van der Waals surface area contributed by atoms with Crippen LogP contribution in [0.3, 0.4) is 0 Å². The molecule has 3 N–H and O–H groups in total. The van der Waals surface area contributed by atoms with E-state index >= 15 is 0 Å². The Balaban J connectivity index is 1.77. The Morgan fingerprint density at radius 1 is 1.33 bits per heavy atom. The first-order chi connectivity index (χ1) is 11.5. The Kier molecular flexibility index (Phi) is 4.87. The van der Waals surface area contributed by atoms with E-state index < -0.39 is 0 Å². The Labute approximate surface area is 148 Å². The summed E-state index contributed by atoms with van der Waals surface area (Å²) in [6.45, 7) is 0. The van der Waals surface area contributed by atoms with Crippen molar-refractivity contribution in [1.29, 1.82) is 0 Å². The number of thioether (sulfide) groups is 1. The summed E-state index contributed by atoms with van der Waals surface area (Å²) in [6, 6.07) is 12.0. The van der Waals surface area contributed by atoms with Crippen molar-refractivity contribution in [2.45, 2.75) is 5.50 Å². The maximum atomic E-state index is 12.1. The van der Waals surface area contributed by atoms with Gasteiger partial charge in [-0.05, 0) is 42.0 Å². The van der Waals surface area contributed by atoms with Crippen molar-refractivity contribution >= 4 is 41.0 Å². The molecule has 0 saturated carbocycles. The van der Waals surface area contributed by atoms with Gasteiger partial charge in [0.25, 0.3) is 5.91 Å². The van der Waals surface area contributed by atoms with E-state index in [1.165, 1.54) is 11.8 Å².